The Kier molecular flexibility index (Phi) is 75.4. The zero-order valence-electron chi connectivity index (χ0n) is 67.7. The van der Waals surface area contributed by atoms with Crippen LogP contribution in [0.2, 0.25) is 0 Å². The van der Waals surface area contributed by atoms with Gasteiger partial charge in [0.2, 0.25) is 0 Å². The fourth-order valence-electron chi connectivity index (χ4n) is 12.8. The molecule has 614 valence electrons. The van der Waals surface area contributed by atoms with Crippen molar-refractivity contribution in [2.75, 3.05) is 39.6 Å². The molecule has 5 atom stereocenters. The number of hydrogen-bond donors (Lipinski definition) is 3. The van der Waals surface area contributed by atoms with Gasteiger partial charge in [0.1, 0.15) is 19.3 Å². The van der Waals surface area contributed by atoms with Crippen molar-refractivity contribution in [3.05, 3.63) is 24.3 Å². The van der Waals surface area contributed by atoms with Crippen LogP contribution in [0.4, 0.5) is 0 Å². The molecule has 0 aliphatic rings. The van der Waals surface area contributed by atoms with Crippen molar-refractivity contribution >= 4 is 39.5 Å². The molecule has 0 aromatic carbocycles. The number of esters is 4. The first-order valence-corrected chi connectivity index (χ1v) is 46.4. The van der Waals surface area contributed by atoms with Gasteiger partial charge in [0.05, 0.1) is 26.4 Å². The number of hydrogen-bond acceptors (Lipinski definition) is 15. The molecular weight excluding hydrogens is 1350 g/mol. The number of unbranched alkanes of at least 4 members (excludes halogenated alkanes) is 52. The van der Waals surface area contributed by atoms with Crippen molar-refractivity contribution in [1.82, 2.24) is 0 Å². The molecule has 0 bridgehead atoms. The van der Waals surface area contributed by atoms with E-state index in [1.54, 1.807) is 0 Å². The lowest BCUT2D eigenvalue weighted by molar-refractivity contribution is -0.161. The van der Waals surface area contributed by atoms with E-state index in [2.05, 4.69) is 58.9 Å². The van der Waals surface area contributed by atoms with Gasteiger partial charge in [-0.3, -0.25) is 37.3 Å². The maximum Gasteiger partial charge on any atom is 0.472 e. The second-order valence-electron chi connectivity index (χ2n) is 30.4. The van der Waals surface area contributed by atoms with Gasteiger partial charge in [-0.05, 0) is 57.3 Å². The Labute approximate surface area is 637 Å². The van der Waals surface area contributed by atoms with Gasteiger partial charge in [0, 0.05) is 25.7 Å². The highest BCUT2D eigenvalue weighted by Gasteiger charge is 2.30. The summed E-state index contributed by atoms with van der Waals surface area (Å²) in [7, 11) is -9.94. The van der Waals surface area contributed by atoms with Crippen molar-refractivity contribution in [3.63, 3.8) is 0 Å². The molecule has 0 radical (unpaired) electrons. The van der Waals surface area contributed by atoms with Crippen molar-refractivity contribution in [1.29, 1.82) is 0 Å². The average Bonchev–Trinajstić information content (AvgIpc) is 0.904. The molecule has 0 spiro atoms. The first kappa shape index (κ1) is 102. The van der Waals surface area contributed by atoms with Gasteiger partial charge >= 0.3 is 39.5 Å². The predicted molar refractivity (Wildman–Crippen MR) is 428 cm³/mol. The number of phosphoric ester groups is 2. The van der Waals surface area contributed by atoms with Crippen LogP contribution in [0.3, 0.4) is 0 Å². The molecule has 19 heteroatoms. The summed E-state index contributed by atoms with van der Waals surface area (Å²) < 4.78 is 68.8. The van der Waals surface area contributed by atoms with Gasteiger partial charge in [-0.1, -0.05) is 380 Å². The molecule has 0 fully saturated rings. The van der Waals surface area contributed by atoms with Crippen LogP contribution in [-0.4, -0.2) is 96.7 Å². The van der Waals surface area contributed by atoms with Crippen molar-refractivity contribution in [2.24, 2.45) is 5.92 Å². The van der Waals surface area contributed by atoms with Crippen LogP contribution < -0.4 is 0 Å². The highest BCUT2D eigenvalue weighted by Crippen LogP contribution is 2.45. The van der Waals surface area contributed by atoms with E-state index in [4.69, 9.17) is 37.0 Å². The van der Waals surface area contributed by atoms with E-state index in [0.29, 0.717) is 25.7 Å². The van der Waals surface area contributed by atoms with Crippen LogP contribution in [0.5, 0.6) is 0 Å². The quantitative estimate of drug-likeness (QED) is 0.0169. The van der Waals surface area contributed by atoms with Crippen molar-refractivity contribution < 1.29 is 80.2 Å². The molecule has 0 saturated heterocycles. The van der Waals surface area contributed by atoms with Crippen LogP contribution in [-0.2, 0) is 65.4 Å². The topological polar surface area (TPSA) is 237 Å². The monoisotopic (exact) mass is 1520 g/mol. The Morgan fingerprint density at radius 2 is 0.519 bits per heavy atom. The van der Waals surface area contributed by atoms with Crippen LogP contribution >= 0.6 is 15.6 Å². The number of ether oxygens (including phenoxy) is 4. The highest BCUT2D eigenvalue weighted by molar-refractivity contribution is 7.47. The summed E-state index contributed by atoms with van der Waals surface area (Å²) in [5, 5.41) is 10.7. The Morgan fingerprint density at radius 3 is 0.788 bits per heavy atom. The lowest BCUT2D eigenvalue weighted by atomic mass is 10.0. The number of allylic oxidation sites excluding steroid dienone is 4. The highest BCUT2D eigenvalue weighted by atomic mass is 31.2. The maximum absolute atomic E-state index is 13.1. The number of phosphoric acid groups is 2. The number of aliphatic hydroxyl groups is 1. The summed E-state index contributed by atoms with van der Waals surface area (Å²) in [6, 6.07) is 0. The molecule has 0 heterocycles. The van der Waals surface area contributed by atoms with Gasteiger partial charge in [-0.15, -0.1) is 0 Å². The number of carbonyl (C=O) groups excluding carboxylic acids is 4. The molecule has 0 saturated carbocycles. The lowest BCUT2D eigenvalue weighted by Gasteiger charge is -2.21. The number of rotatable bonds is 83. The molecule has 0 aromatic heterocycles. The van der Waals surface area contributed by atoms with E-state index in [9.17, 15) is 43.2 Å². The Hall–Kier alpha value is -2.46. The average molecular weight is 1520 g/mol. The number of carbonyl (C=O) groups is 4. The lowest BCUT2D eigenvalue weighted by Crippen LogP contribution is -2.30. The van der Waals surface area contributed by atoms with Gasteiger partial charge in [-0.2, -0.15) is 0 Å². The first-order valence-electron chi connectivity index (χ1n) is 43.5. The molecule has 0 rings (SSSR count). The summed E-state index contributed by atoms with van der Waals surface area (Å²) in [5.41, 5.74) is 0. The molecule has 17 nitrogen and oxygen atoms in total. The summed E-state index contributed by atoms with van der Waals surface area (Å²) in [6.45, 7) is 7.30. The molecule has 104 heavy (non-hydrogen) atoms. The van der Waals surface area contributed by atoms with Gasteiger partial charge in [0.25, 0.3) is 0 Å². The fraction of sp³-hybridized carbons (Fsp3) is 0.906. The third-order valence-corrected chi connectivity index (χ3v) is 21.3. The zero-order chi connectivity index (χ0) is 76.2. The van der Waals surface area contributed by atoms with Gasteiger partial charge in [0.15, 0.2) is 12.2 Å². The predicted octanol–water partition coefficient (Wildman–Crippen LogP) is 25.5. The van der Waals surface area contributed by atoms with E-state index in [0.717, 1.165) is 109 Å². The molecule has 0 amide bonds. The van der Waals surface area contributed by atoms with E-state index in [1.165, 1.54) is 244 Å². The smallest absolute Gasteiger partial charge is 0.462 e. The van der Waals surface area contributed by atoms with Crippen LogP contribution in [0.25, 0.3) is 0 Å². The van der Waals surface area contributed by atoms with Crippen LogP contribution in [0.15, 0.2) is 24.3 Å². The largest absolute Gasteiger partial charge is 0.472 e. The summed E-state index contributed by atoms with van der Waals surface area (Å²) >= 11 is 0. The molecule has 0 aliphatic carbocycles. The van der Waals surface area contributed by atoms with Gasteiger partial charge in [-0.25, -0.2) is 9.13 Å². The minimum Gasteiger partial charge on any atom is -0.462 e. The maximum atomic E-state index is 13.1. The molecule has 0 aromatic rings. The summed E-state index contributed by atoms with van der Waals surface area (Å²) in [4.78, 5) is 73.1. The van der Waals surface area contributed by atoms with E-state index < -0.39 is 97.5 Å². The van der Waals surface area contributed by atoms with Crippen molar-refractivity contribution in [2.45, 2.75) is 451 Å². The summed E-state index contributed by atoms with van der Waals surface area (Å²) in [5.74, 6) is -1.33. The molecule has 2 unspecified atom stereocenters. The number of aliphatic hydroxyl groups excluding tert-OH is 1. The zero-order valence-corrected chi connectivity index (χ0v) is 69.4. The summed E-state index contributed by atoms with van der Waals surface area (Å²) in [6.07, 6.45) is 73.0. The van der Waals surface area contributed by atoms with E-state index in [1.807, 2.05) is 0 Å². The van der Waals surface area contributed by atoms with E-state index in [-0.39, 0.29) is 25.7 Å². The Morgan fingerprint density at radius 1 is 0.298 bits per heavy atom. The van der Waals surface area contributed by atoms with E-state index >= 15 is 0 Å². The first-order chi connectivity index (χ1) is 50.5. The second kappa shape index (κ2) is 77.3. The fourth-order valence-corrected chi connectivity index (χ4v) is 14.3. The SMILES string of the molecule is CCCCCC/C=C\C=C/CCCCCCCC(=O)O[C@H](COC(=O)CCCCCCCCCCCC)COP(=O)(O)OC[C@H](O)COP(=O)(O)OC[C@@H](COC(=O)CCCCCCCCCCCCCCCCCC(C)C)OC(=O)CCCCCCCCCCCCCCCCCCCCCCC. The standard InChI is InChI=1S/C85H162O17P2/c1-6-9-12-15-18-21-24-26-28-29-30-31-32-33-37-42-46-51-56-61-66-71-85(90)102-81(75-96-83(88)69-64-59-54-49-44-40-38-34-36-39-43-47-52-57-62-67-78(4)5)77-100-104(93,94)98-73-79(86)72-97-103(91,92)99-76-80(74-95-82(87)68-63-58-53-48-23-20-17-14-11-8-3)101-84(89)70-65-60-55-50-45-41-35-27-25-22-19-16-13-10-7-2/h22,25,27,35,78-81,86H,6-21,23-24,26,28-34,36-77H2,1-5H3,(H,91,92)(H,93,94)/b25-22-,35-27-/t79-,80+,81+/m0/s1. The Balaban J connectivity index is 5.25. The Bertz CT molecular complexity index is 2070. The third kappa shape index (κ3) is 77.7. The third-order valence-electron chi connectivity index (χ3n) is 19.4. The second-order valence-corrected chi connectivity index (χ2v) is 33.3. The minimum absolute atomic E-state index is 0.0856. The van der Waals surface area contributed by atoms with Gasteiger partial charge < -0.3 is 33.8 Å². The van der Waals surface area contributed by atoms with Crippen molar-refractivity contribution in [3.8, 4) is 0 Å². The molecule has 0 aliphatic heterocycles. The van der Waals surface area contributed by atoms with Crippen LogP contribution in [0.1, 0.15) is 433 Å². The molecular formula is C85H162O17P2. The molecule has 3 N–H and O–H groups in total. The normalized spacial score (nSPS) is 13.9. The minimum atomic E-state index is -4.97. The van der Waals surface area contributed by atoms with Crippen LogP contribution in [0, 0.1) is 5.92 Å².